The number of aryl methyl sites for hydroxylation is 1. The molecule has 28 heteroatoms. The smallest absolute Gasteiger partial charge is 0.335 e. The van der Waals surface area contributed by atoms with Crippen LogP contribution in [0.4, 0.5) is 0 Å². The number of likely N-dealkylation sites (N-methyl/N-ethyl adjacent to an activating group) is 1. The molecule has 1 aromatic carbocycles. The molecule has 3 fully saturated rings. The Labute approximate surface area is 500 Å². The van der Waals surface area contributed by atoms with Crippen LogP contribution in [0.2, 0.25) is 0 Å². The second-order valence-electron chi connectivity index (χ2n) is 22.6. The van der Waals surface area contributed by atoms with Crippen LogP contribution in [0.5, 0.6) is 5.75 Å². The average molecular weight is 1230 g/mol. The van der Waals surface area contributed by atoms with Gasteiger partial charge in [-0.2, -0.15) is 0 Å². The molecule has 1 aliphatic carbocycles. The normalized spacial score (nSPS) is 20.2. The van der Waals surface area contributed by atoms with Gasteiger partial charge in [-0.3, -0.25) is 24.0 Å². The summed E-state index contributed by atoms with van der Waals surface area (Å²) in [5.41, 5.74) is 1.29. The van der Waals surface area contributed by atoms with Gasteiger partial charge in [0.15, 0.2) is 0 Å². The largest absolute Gasteiger partial charge is 0.491 e. The fourth-order valence-electron chi connectivity index (χ4n) is 11.7. The molecule has 2 bridgehead atoms. The van der Waals surface area contributed by atoms with Crippen molar-refractivity contribution in [1.29, 1.82) is 0 Å². The van der Waals surface area contributed by atoms with E-state index in [0.29, 0.717) is 103 Å². The van der Waals surface area contributed by atoms with E-state index < -0.39 is 75.3 Å². The first-order chi connectivity index (χ1) is 40.6. The Morgan fingerprint density at radius 2 is 1.56 bits per heavy atom. The van der Waals surface area contributed by atoms with Crippen molar-refractivity contribution in [3.05, 3.63) is 36.2 Å². The van der Waals surface area contributed by atoms with Gasteiger partial charge in [-0.05, 0) is 93.1 Å². The number of likely N-dealkylation sites (tertiary alicyclic amines) is 2. The van der Waals surface area contributed by atoms with Crippen LogP contribution in [0.25, 0.3) is 11.5 Å². The molecule has 474 valence electrons. The van der Waals surface area contributed by atoms with E-state index in [2.05, 4.69) is 40.4 Å². The van der Waals surface area contributed by atoms with Crippen LogP contribution >= 0.6 is 9.24 Å². The highest BCUT2D eigenvalue weighted by molar-refractivity contribution is 7.90. The first-order valence-electron chi connectivity index (χ1n) is 29.5. The van der Waals surface area contributed by atoms with Gasteiger partial charge in [0.2, 0.25) is 45.3 Å². The van der Waals surface area contributed by atoms with Gasteiger partial charge >= 0.3 is 11.2 Å². The summed E-state index contributed by atoms with van der Waals surface area (Å²) in [5.74, 6) is -3.21. The number of nitrogens with one attached hydrogen (secondary N) is 2. The minimum Gasteiger partial charge on any atom is -0.491 e. The Bertz CT molecular complexity index is 2770. The SMILES string of the molecule is CC[C@H](C)[C@@H]([C@@H](CC(=O)N1CCC[C@H]1[C@H](OC)[C@@H](C)C(=O)N[C@@H](CP)C(=O)O)OC)N(C)C(=O)[C@@H](NC(=O)[C@@H]1[C@H]2CC[C@H](C2)N1C(=O)CCCc1cn(CCOCCOCCOCCOc2ccc(-c3nnc(S(C)(=O)=O)o3)cc2)nn1)C(C)C. The number of sulfone groups is 1. The van der Waals surface area contributed by atoms with E-state index in [-0.39, 0.29) is 72.3 Å². The lowest BCUT2D eigenvalue weighted by Gasteiger charge is -2.41. The number of piperidine rings is 1. The van der Waals surface area contributed by atoms with Crippen LogP contribution in [0.15, 0.2) is 40.1 Å². The third kappa shape index (κ3) is 18.7. The molecule has 0 spiro atoms. The van der Waals surface area contributed by atoms with Crippen molar-refractivity contribution in [1.82, 2.24) is 50.5 Å². The van der Waals surface area contributed by atoms with Crippen LogP contribution in [-0.2, 0) is 75.3 Å². The van der Waals surface area contributed by atoms with E-state index in [1.807, 2.05) is 33.9 Å². The number of methoxy groups -OCH3 is 2. The third-order valence-corrected chi connectivity index (χ3v) is 17.7. The average Bonchev–Trinajstić information content (AvgIpc) is 2.47. The van der Waals surface area contributed by atoms with Gasteiger partial charge in [0, 0.05) is 58.3 Å². The van der Waals surface area contributed by atoms with Gasteiger partial charge in [0.25, 0.3) is 0 Å². The first kappa shape index (κ1) is 68.4. The predicted octanol–water partition coefficient (Wildman–Crippen LogP) is 3.07. The zero-order valence-corrected chi connectivity index (χ0v) is 52.6. The Morgan fingerprint density at radius 3 is 2.18 bits per heavy atom. The molecule has 2 aromatic heterocycles. The number of amides is 5. The number of carboxylic acid groups (broad SMARTS) is 1. The first-order valence-corrected chi connectivity index (χ1v) is 32.2. The highest BCUT2D eigenvalue weighted by Gasteiger charge is 2.52. The molecule has 12 atom stereocenters. The molecule has 0 radical (unpaired) electrons. The number of carbonyl (C=O) groups excluding carboxylic acids is 5. The molecular formula is C57H89N10O16PS. The quantitative estimate of drug-likeness (QED) is 0.0552. The predicted molar refractivity (Wildman–Crippen MR) is 313 cm³/mol. The maximum absolute atomic E-state index is 14.7. The van der Waals surface area contributed by atoms with Crippen LogP contribution in [0.1, 0.15) is 98.1 Å². The molecule has 5 amide bonds. The summed E-state index contributed by atoms with van der Waals surface area (Å²) in [7, 11) is 3.41. The van der Waals surface area contributed by atoms with Crippen molar-refractivity contribution < 1.29 is 75.1 Å². The molecule has 2 aliphatic heterocycles. The standard InChI is InChI=1S/C57H89N10O16PS/c1-10-36(4)49(45(77-7)32-47(69)66-22-12-14-44(66)51(78-8)37(5)52(70)58-43(34-84)56(73)74)64(6)55(72)48(35(2)3)59-53(71)50-39-16-19-41(31-39)67(50)46(68)15-11-13-40-33-65(63-60-40)23-24-79-25-26-80-27-28-81-29-30-82-42-20-17-38(18-21-42)54-61-62-57(83-54)85(9,75)76/h17-18,20-21,33,35-37,39,41,43-45,48-51H,10-16,19,22-32,34,84H2,1-9H3,(H,58,70)(H,59,71)(H,73,74)/t36-,37+,39-,41+,43-,44-,45+,48-,49-,50-,51+/m0/s1. The van der Waals surface area contributed by atoms with Crippen LogP contribution < -0.4 is 15.4 Å². The summed E-state index contributed by atoms with van der Waals surface area (Å²) < 4.78 is 64.6. The lowest BCUT2D eigenvalue weighted by molar-refractivity contribution is -0.149. The van der Waals surface area contributed by atoms with Gasteiger partial charge in [-0.15, -0.1) is 19.4 Å². The third-order valence-electron chi connectivity index (χ3n) is 16.4. The number of benzene rings is 1. The fraction of sp³-hybridized carbons (Fsp3) is 0.719. The summed E-state index contributed by atoms with van der Waals surface area (Å²) in [6, 6.07) is 2.99. The second-order valence-corrected chi connectivity index (χ2v) is 25.0. The summed E-state index contributed by atoms with van der Waals surface area (Å²) in [6.45, 7) is 12.9. The van der Waals surface area contributed by atoms with Crippen molar-refractivity contribution >= 4 is 54.6 Å². The Hall–Kier alpha value is -5.70. The van der Waals surface area contributed by atoms with E-state index >= 15 is 0 Å². The number of ether oxygens (including phenoxy) is 6. The summed E-state index contributed by atoms with van der Waals surface area (Å²) in [5, 5.41) is 30.6. The molecule has 3 N–H and O–H groups in total. The monoisotopic (exact) mass is 1230 g/mol. The van der Waals surface area contributed by atoms with Crippen LogP contribution in [-0.4, -0.2) is 224 Å². The number of carbonyl (C=O) groups is 6. The zero-order valence-electron chi connectivity index (χ0n) is 50.6. The minimum absolute atomic E-state index is 0.0271. The molecule has 3 aliphatic rings. The zero-order chi connectivity index (χ0) is 62.0. The molecule has 2 saturated heterocycles. The van der Waals surface area contributed by atoms with Crippen molar-refractivity contribution in [2.75, 3.05) is 86.5 Å². The van der Waals surface area contributed by atoms with Gasteiger partial charge in [0.05, 0.1) is 88.5 Å². The van der Waals surface area contributed by atoms with Gasteiger partial charge in [-0.1, -0.05) is 51.4 Å². The Kier molecular flexibility index (Phi) is 26.5. The number of hydrogen-bond acceptors (Lipinski definition) is 19. The van der Waals surface area contributed by atoms with Crippen molar-refractivity contribution in [2.45, 2.75) is 159 Å². The highest BCUT2D eigenvalue weighted by Crippen LogP contribution is 2.43. The number of aromatic nitrogens is 5. The molecule has 6 rings (SSSR count). The maximum atomic E-state index is 14.7. The summed E-state index contributed by atoms with van der Waals surface area (Å²) >= 11 is 0. The maximum Gasteiger partial charge on any atom is 0.335 e. The highest BCUT2D eigenvalue weighted by atomic mass is 32.2. The van der Waals surface area contributed by atoms with E-state index in [9.17, 15) is 42.3 Å². The second kappa shape index (κ2) is 32.9. The van der Waals surface area contributed by atoms with Gasteiger partial charge < -0.3 is 63.3 Å². The molecule has 1 unspecified atom stereocenters. The fourth-order valence-corrected chi connectivity index (χ4v) is 12.4. The van der Waals surface area contributed by atoms with Crippen molar-refractivity contribution in [3.63, 3.8) is 0 Å². The van der Waals surface area contributed by atoms with E-state index in [4.69, 9.17) is 32.8 Å². The number of fused-ring (bicyclic) bond motifs is 2. The number of aliphatic carboxylic acids is 1. The number of hydrogen-bond donors (Lipinski definition) is 3. The summed E-state index contributed by atoms with van der Waals surface area (Å²) in [4.78, 5) is 87.5. The lowest BCUT2D eigenvalue weighted by Crippen LogP contribution is -2.60. The summed E-state index contributed by atoms with van der Waals surface area (Å²) in [6.07, 6.45) is 6.95. The molecule has 1 saturated carbocycles. The number of carboxylic acids is 1. The molecule has 4 heterocycles. The van der Waals surface area contributed by atoms with Crippen LogP contribution in [0.3, 0.4) is 0 Å². The van der Waals surface area contributed by atoms with Gasteiger partial charge in [0.1, 0.15) is 30.5 Å². The van der Waals surface area contributed by atoms with Crippen molar-refractivity contribution in [3.8, 4) is 17.2 Å². The number of nitrogens with zero attached hydrogens (tertiary/aromatic N) is 8. The topological polar surface area (TPSA) is 316 Å². The number of rotatable bonds is 37. The van der Waals surface area contributed by atoms with E-state index in [1.165, 1.54) is 14.2 Å². The molecule has 85 heavy (non-hydrogen) atoms. The molecule has 3 aromatic rings. The van der Waals surface area contributed by atoms with Crippen molar-refractivity contribution in [2.24, 2.45) is 23.7 Å². The molecular weight excluding hydrogens is 1140 g/mol. The van der Waals surface area contributed by atoms with Crippen LogP contribution in [0, 0.1) is 23.7 Å². The van der Waals surface area contributed by atoms with E-state index in [1.54, 1.807) is 57.6 Å². The lowest BCUT2D eigenvalue weighted by atomic mass is 9.89. The minimum atomic E-state index is -3.60. The molecule has 26 nitrogen and oxygen atoms in total. The van der Waals surface area contributed by atoms with Gasteiger partial charge in [-0.25, -0.2) is 17.9 Å². The van der Waals surface area contributed by atoms with E-state index in [0.717, 1.165) is 31.2 Å². The Morgan fingerprint density at radius 1 is 0.882 bits per heavy atom. The Balaban J connectivity index is 0.906.